The fourth-order valence-electron chi connectivity index (χ4n) is 2.02. The van der Waals surface area contributed by atoms with Crippen LogP contribution in [-0.4, -0.2) is 18.3 Å². The van der Waals surface area contributed by atoms with E-state index in [-0.39, 0.29) is 17.4 Å². The van der Waals surface area contributed by atoms with Crippen molar-refractivity contribution in [2.45, 2.75) is 52.4 Å². The molecule has 0 heterocycles. The fraction of sp³-hybridized carbons (Fsp3) is 0.625. The average molecular weight is 250 g/mol. The van der Waals surface area contributed by atoms with E-state index in [1.165, 1.54) is 11.1 Å². The van der Waals surface area contributed by atoms with E-state index in [0.29, 0.717) is 6.61 Å². The van der Waals surface area contributed by atoms with Gasteiger partial charge >= 0.3 is 0 Å². The van der Waals surface area contributed by atoms with Crippen molar-refractivity contribution in [1.29, 1.82) is 0 Å². The minimum atomic E-state index is 0.0338. The highest BCUT2D eigenvalue weighted by Gasteiger charge is 2.26. The molecule has 1 rings (SSSR count). The van der Waals surface area contributed by atoms with Gasteiger partial charge in [0.25, 0.3) is 0 Å². The van der Waals surface area contributed by atoms with Gasteiger partial charge in [-0.25, -0.2) is 0 Å². The van der Waals surface area contributed by atoms with Gasteiger partial charge in [-0.05, 0) is 22.0 Å². The second-order valence-corrected chi connectivity index (χ2v) is 6.75. The van der Waals surface area contributed by atoms with Crippen LogP contribution in [0.3, 0.4) is 0 Å². The normalized spacial score (nSPS) is 12.6. The van der Waals surface area contributed by atoms with Gasteiger partial charge in [0.2, 0.25) is 0 Å². The summed E-state index contributed by atoms with van der Waals surface area (Å²) in [5.74, 6) is 0.937. The summed E-state index contributed by atoms with van der Waals surface area (Å²) < 4.78 is 5.82. The number of hydrogen-bond acceptors (Lipinski definition) is 2. The quantitative estimate of drug-likeness (QED) is 0.887. The molecule has 0 aliphatic carbocycles. The van der Waals surface area contributed by atoms with Crippen molar-refractivity contribution < 1.29 is 9.84 Å². The summed E-state index contributed by atoms with van der Waals surface area (Å²) in [6.45, 7) is 13.5. The molecule has 0 unspecified atom stereocenters. The van der Waals surface area contributed by atoms with Crippen LogP contribution in [0.1, 0.15) is 52.7 Å². The van der Waals surface area contributed by atoms with E-state index in [4.69, 9.17) is 9.84 Å². The number of para-hydroxylation sites is 1. The number of hydrogen-bond donors (Lipinski definition) is 1. The highest BCUT2D eigenvalue weighted by atomic mass is 16.5. The minimum absolute atomic E-state index is 0.0338. The molecule has 0 spiro atoms. The van der Waals surface area contributed by atoms with Crippen LogP contribution in [0.2, 0.25) is 0 Å². The third kappa shape index (κ3) is 3.49. The summed E-state index contributed by atoms with van der Waals surface area (Å²) in [5, 5.41) is 8.99. The average Bonchev–Trinajstić information content (AvgIpc) is 2.23. The van der Waals surface area contributed by atoms with Crippen LogP contribution < -0.4 is 4.74 Å². The van der Waals surface area contributed by atoms with Crippen molar-refractivity contribution in [2.75, 3.05) is 13.2 Å². The van der Waals surface area contributed by atoms with Gasteiger partial charge in [-0.3, -0.25) is 0 Å². The first kappa shape index (κ1) is 15.0. The Kier molecular flexibility index (Phi) is 4.44. The van der Waals surface area contributed by atoms with E-state index in [1.807, 2.05) is 0 Å². The topological polar surface area (TPSA) is 29.5 Å². The second kappa shape index (κ2) is 5.31. The monoisotopic (exact) mass is 250 g/mol. The van der Waals surface area contributed by atoms with Crippen LogP contribution in [-0.2, 0) is 10.8 Å². The zero-order valence-electron chi connectivity index (χ0n) is 12.5. The lowest BCUT2D eigenvalue weighted by molar-refractivity contribution is 0.196. The summed E-state index contributed by atoms with van der Waals surface area (Å²) in [6, 6.07) is 6.32. The van der Waals surface area contributed by atoms with Crippen LogP contribution in [0.4, 0.5) is 0 Å². The molecule has 1 aromatic carbocycles. The molecule has 0 saturated carbocycles. The Hall–Kier alpha value is -1.02. The Morgan fingerprint density at radius 2 is 1.39 bits per heavy atom. The van der Waals surface area contributed by atoms with E-state index in [9.17, 15) is 0 Å². The Morgan fingerprint density at radius 1 is 0.944 bits per heavy atom. The Labute approximate surface area is 111 Å². The first-order valence-electron chi connectivity index (χ1n) is 6.55. The van der Waals surface area contributed by atoms with E-state index < -0.39 is 0 Å². The van der Waals surface area contributed by atoms with Crippen LogP contribution in [0.15, 0.2) is 18.2 Å². The number of ether oxygens (including phenoxy) is 1. The summed E-state index contributed by atoms with van der Waals surface area (Å²) >= 11 is 0. The van der Waals surface area contributed by atoms with E-state index in [0.717, 1.165) is 5.75 Å². The Balaban J connectivity index is 3.35. The Morgan fingerprint density at radius 3 is 1.72 bits per heavy atom. The first-order chi connectivity index (χ1) is 8.18. The molecular formula is C16H26O2. The van der Waals surface area contributed by atoms with Gasteiger partial charge < -0.3 is 9.84 Å². The zero-order chi connectivity index (χ0) is 14.0. The molecule has 0 aliphatic rings. The molecule has 0 radical (unpaired) electrons. The summed E-state index contributed by atoms with van der Waals surface area (Å²) in [7, 11) is 0. The number of benzene rings is 1. The van der Waals surface area contributed by atoms with Crippen molar-refractivity contribution in [3.05, 3.63) is 29.3 Å². The van der Waals surface area contributed by atoms with Gasteiger partial charge in [0, 0.05) is 0 Å². The smallest absolute Gasteiger partial charge is 0.126 e. The third-order valence-electron chi connectivity index (χ3n) is 2.97. The molecule has 0 aromatic heterocycles. The van der Waals surface area contributed by atoms with E-state index in [1.54, 1.807) is 0 Å². The molecule has 102 valence electrons. The lowest BCUT2D eigenvalue weighted by Crippen LogP contribution is -2.20. The Bertz CT molecular complexity index is 362. The maximum absolute atomic E-state index is 8.99. The second-order valence-electron chi connectivity index (χ2n) is 6.75. The maximum Gasteiger partial charge on any atom is 0.126 e. The van der Waals surface area contributed by atoms with Crippen molar-refractivity contribution in [1.82, 2.24) is 0 Å². The molecule has 0 saturated heterocycles. The van der Waals surface area contributed by atoms with E-state index in [2.05, 4.69) is 59.7 Å². The maximum atomic E-state index is 8.99. The summed E-state index contributed by atoms with van der Waals surface area (Å²) in [5.41, 5.74) is 2.46. The summed E-state index contributed by atoms with van der Waals surface area (Å²) in [6.07, 6.45) is 0. The zero-order valence-corrected chi connectivity index (χ0v) is 12.5. The third-order valence-corrected chi connectivity index (χ3v) is 2.97. The van der Waals surface area contributed by atoms with Crippen molar-refractivity contribution in [3.8, 4) is 5.75 Å². The van der Waals surface area contributed by atoms with Gasteiger partial charge in [0.1, 0.15) is 12.4 Å². The highest BCUT2D eigenvalue weighted by Crippen LogP contribution is 2.39. The highest BCUT2D eigenvalue weighted by molar-refractivity contribution is 5.48. The van der Waals surface area contributed by atoms with Crippen LogP contribution in [0.5, 0.6) is 5.75 Å². The van der Waals surface area contributed by atoms with E-state index >= 15 is 0 Å². The predicted molar refractivity (Wildman–Crippen MR) is 76.4 cm³/mol. The lowest BCUT2D eigenvalue weighted by Gasteiger charge is -2.29. The molecule has 0 bridgehead atoms. The lowest BCUT2D eigenvalue weighted by atomic mass is 9.79. The molecule has 0 amide bonds. The van der Waals surface area contributed by atoms with Crippen molar-refractivity contribution in [2.24, 2.45) is 0 Å². The van der Waals surface area contributed by atoms with Crippen LogP contribution in [0.25, 0.3) is 0 Å². The molecule has 0 atom stereocenters. The molecule has 2 heteroatoms. The van der Waals surface area contributed by atoms with Gasteiger partial charge in [0.15, 0.2) is 0 Å². The minimum Gasteiger partial charge on any atom is -0.491 e. The van der Waals surface area contributed by atoms with Crippen molar-refractivity contribution >= 4 is 0 Å². The number of rotatable bonds is 3. The fourth-order valence-corrected chi connectivity index (χ4v) is 2.02. The van der Waals surface area contributed by atoms with Gasteiger partial charge in [-0.15, -0.1) is 0 Å². The van der Waals surface area contributed by atoms with Gasteiger partial charge in [0.05, 0.1) is 6.61 Å². The van der Waals surface area contributed by atoms with Gasteiger partial charge in [-0.1, -0.05) is 59.7 Å². The molecule has 1 aromatic rings. The standard InChI is InChI=1S/C16H26O2/c1-15(2,3)12-8-7-9-13(16(4,5)6)14(12)18-11-10-17/h7-9,17H,10-11H2,1-6H3. The van der Waals surface area contributed by atoms with Crippen molar-refractivity contribution in [3.63, 3.8) is 0 Å². The molecule has 0 aliphatic heterocycles. The SMILES string of the molecule is CC(C)(C)c1cccc(C(C)(C)C)c1OCCO. The van der Waals surface area contributed by atoms with Crippen LogP contribution >= 0.6 is 0 Å². The number of aliphatic hydroxyl groups is 1. The largest absolute Gasteiger partial charge is 0.491 e. The number of aliphatic hydroxyl groups excluding tert-OH is 1. The van der Waals surface area contributed by atoms with Gasteiger partial charge in [-0.2, -0.15) is 0 Å². The molecule has 1 N–H and O–H groups in total. The molecular weight excluding hydrogens is 224 g/mol. The summed E-state index contributed by atoms with van der Waals surface area (Å²) in [4.78, 5) is 0. The molecule has 2 nitrogen and oxygen atoms in total. The predicted octanol–water partition coefficient (Wildman–Crippen LogP) is 3.65. The molecule has 18 heavy (non-hydrogen) atoms. The first-order valence-corrected chi connectivity index (χ1v) is 6.55. The van der Waals surface area contributed by atoms with Crippen LogP contribution in [0, 0.1) is 0 Å². The molecule has 0 fully saturated rings.